The molecule has 2 aromatic rings. The van der Waals surface area contributed by atoms with Crippen molar-refractivity contribution in [2.24, 2.45) is 11.5 Å². The predicted octanol–water partition coefficient (Wildman–Crippen LogP) is 2.03. The van der Waals surface area contributed by atoms with E-state index in [-0.39, 0.29) is 0 Å². The molecule has 0 fully saturated rings. The lowest BCUT2D eigenvalue weighted by atomic mass is 9.96. The maximum atomic E-state index is 11.3. The number of nitrogens with two attached hydrogens (primary N) is 2. The Hall–Kier alpha value is -3.54. The Kier molecular flexibility index (Phi) is 6.56. The number of carbonyl (C=O) groups is 2. The van der Waals surface area contributed by atoms with Gasteiger partial charge in [-0.15, -0.1) is 0 Å². The number of anilines is 2. The second-order valence-corrected chi connectivity index (χ2v) is 5.72. The van der Waals surface area contributed by atoms with Crippen LogP contribution in [0, 0.1) is 0 Å². The SMILES string of the molecule is NC(=O)C=CC(C=CC(N)=O)(CNc1ccccc1)Nc1ccccc1. The van der Waals surface area contributed by atoms with Crippen LogP contribution in [0.15, 0.2) is 85.0 Å². The average Bonchev–Trinajstić information content (AvgIpc) is 2.64. The Morgan fingerprint density at radius 1 is 0.808 bits per heavy atom. The number of amides is 2. The minimum atomic E-state index is -0.902. The van der Waals surface area contributed by atoms with Crippen molar-refractivity contribution < 1.29 is 9.59 Å². The first-order valence-corrected chi connectivity index (χ1v) is 8.09. The molecule has 6 N–H and O–H groups in total. The minimum absolute atomic E-state index is 0.347. The third-order valence-corrected chi connectivity index (χ3v) is 3.60. The van der Waals surface area contributed by atoms with Gasteiger partial charge in [-0.05, 0) is 36.4 Å². The Bertz CT molecular complexity index is 762. The number of rotatable bonds is 9. The van der Waals surface area contributed by atoms with Gasteiger partial charge < -0.3 is 22.1 Å². The number of primary amides is 2. The molecular formula is C20H22N4O2. The second-order valence-electron chi connectivity index (χ2n) is 5.72. The topological polar surface area (TPSA) is 110 Å². The molecule has 0 aromatic heterocycles. The van der Waals surface area contributed by atoms with Crippen LogP contribution in [-0.4, -0.2) is 23.9 Å². The van der Waals surface area contributed by atoms with Crippen LogP contribution in [0.1, 0.15) is 0 Å². The van der Waals surface area contributed by atoms with E-state index >= 15 is 0 Å². The van der Waals surface area contributed by atoms with E-state index in [9.17, 15) is 9.59 Å². The average molecular weight is 350 g/mol. The minimum Gasteiger partial charge on any atom is -0.382 e. The molecule has 2 aromatic carbocycles. The highest BCUT2D eigenvalue weighted by Gasteiger charge is 2.24. The zero-order valence-electron chi connectivity index (χ0n) is 14.3. The van der Waals surface area contributed by atoms with Gasteiger partial charge in [0.05, 0.1) is 5.54 Å². The van der Waals surface area contributed by atoms with Crippen molar-refractivity contribution in [2.75, 3.05) is 17.2 Å². The number of hydrogen-bond acceptors (Lipinski definition) is 4. The summed E-state index contributed by atoms with van der Waals surface area (Å²) in [6, 6.07) is 19.0. The predicted molar refractivity (Wildman–Crippen MR) is 104 cm³/mol. The standard InChI is InChI=1S/C20H22N4O2/c21-18(25)11-13-20(14-12-19(22)26,24-17-9-5-2-6-10-17)15-23-16-7-3-1-4-8-16/h1-14,23-24H,15H2,(H2,21,25)(H2,22,26). The molecule has 0 bridgehead atoms. The maximum absolute atomic E-state index is 11.3. The van der Waals surface area contributed by atoms with Crippen LogP contribution in [0.25, 0.3) is 0 Å². The van der Waals surface area contributed by atoms with Gasteiger partial charge in [0.25, 0.3) is 0 Å². The van der Waals surface area contributed by atoms with Gasteiger partial charge in [0.2, 0.25) is 11.8 Å². The summed E-state index contributed by atoms with van der Waals surface area (Å²) in [4.78, 5) is 22.6. The third-order valence-electron chi connectivity index (χ3n) is 3.60. The normalized spacial score (nSPS) is 13.4. The largest absolute Gasteiger partial charge is 0.382 e. The summed E-state index contributed by atoms with van der Waals surface area (Å²) in [7, 11) is 0. The highest BCUT2D eigenvalue weighted by Crippen LogP contribution is 2.20. The molecule has 0 radical (unpaired) electrons. The maximum Gasteiger partial charge on any atom is 0.241 e. The third kappa shape index (κ3) is 6.16. The second kappa shape index (κ2) is 9.08. The van der Waals surface area contributed by atoms with Crippen molar-refractivity contribution in [1.29, 1.82) is 0 Å². The highest BCUT2D eigenvalue weighted by atomic mass is 16.1. The fourth-order valence-corrected chi connectivity index (χ4v) is 2.36. The molecule has 0 aliphatic heterocycles. The monoisotopic (exact) mass is 350 g/mol. The summed E-state index contributed by atoms with van der Waals surface area (Å²) in [5, 5.41) is 6.61. The van der Waals surface area contributed by atoms with E-state index in [1.807, 2.05) is 60.7 Å². The quantitative estimate of drug-likeness (QED) is 0.519. The van der Waals surface area contributed by atoms with Gasteiger partial charge in [-0.25, -0.2) is 0 Å². The molecule has 0 atom stereocenters. The van der Waals surface area contributed by atoms with Gasteiger partial charge in [0.1, 0.15) is 0 Å². The van der Waals surface area contributed by atoms with E-state index in [2.05, 4.69) is 10.6 Å². The van der Waals surface area contributed by atoms with Gasteiger partial charge in [0, 0.05) is 30.1 Å². The van der Waals surface area contributed by atoms with Crippen molar-refractivity contribution in [3.63, 3.8) is 0 Å². The fraction of sp³-hybridized carbons (Fsp3) is 0.100. The van der Waals surface area contributed by atoms with Crippen LogP contribution in [-0.2, 0) is 9.59 Å². The molecule has 6 heteroatoms. The molecule has 0 heterocycles. The van der Waals surface area contributed by atoms with Gasteiger partial charge in [-0.1, -0.05) is 36.4 Å². The van der Waals surface area contributed by atoms with Crippen molar-refractivity contribution >= 4 is 23.2 Å². The summed E-state index contributed by atoms with van der Waals surface area (Å²) in [6.07, 6.45) is 5.73. The Balaban J connectivity index is 2.36. The molecule has 134 valence electrons. The zero-order chi connectivity index (χ0) is 18.8. The molecule has 2 rings (SSSR count). The first-order chi connectivity index (χ1) is 12.5. The van der Waals surface area contributed by atoms with Crippen LogP contribution >= 0.6 is 0 Å². The molecule has 6 nitrogen and oxygen atoms in total. The molecule has 0 saturated carbocycles. The van der Waals surface area contributed by atoms with Crippen molar-refractivity contribution in [3.8, 4) is 0 Å². The van der Waals surface area contributed by atoms with E-state index in [1.165, 1.54) is 12.2 Å². The van der Waals surface area contributed by atoms with E-state index in [1.54, 1.807) is 12.2 Å². The summed E-state index contributed by atoms with van der Waals surface area (Å²) in [5.74, 6) is -1.17. The van der Waals surface area contributed by atoms with Gasteiger partial charge in [-0.3, -0.25) is 9.59 Å². The number of hydrogen-bond donors (Lipinski definition) is 4. The Labute approximate surface area is 152 Å². The molecule has 0 aliphatic rings. The first kappa shape index (κ1) is 18.8. The summed E-state index contributed by atoms with van der Waals surface area (Å²) < 4.78 is 0. The lowest BCUT2D eigenvalue weighted by Crippen LogP contribution is -2.42. The van der Waals surface area contributed by atoms with Crippen molar-refractivity contribution in [1.82, 2.24) is 0 Å². The first-order valence-electron chi connectivity index (χ1n) is 8.09. The lowest BCUT2D eigenvalue weighted by Gasteiger charge is -2.31. The molecular weight excluding hydrogens is 328 g/mol. The summed E-state index contributed by atoms with van der Waals surface area (Å²) in [6.45, 7) is 0.347. The number of nitrogens with one attached hydrogen (secondary N) is 2. The van der Waals surface area contributed by atoms with E-state index in [0.717, 1.165) is 11.4 Å². The Morgan fingerprint density at radius 3 is 1.73 bits per heavy atom. The summed E-state index contributed by atoms with van der Waals surface area (Å²) in [5.41, 5.74) is 11.3. The van der Waals surface area contributed by atoms with E-state index in [4.69, 9.17) is 11.5 Å². The number of benzene rings is 2. The molecule has 0 saturated heterocycles. The highest BCUT2D eigenvalue weighted by molar-refractivity contribution is 5.87. The lowest BCUT2D eigenvalue weighted by molar-refractivity contribution is -0.114. The van der Waals surface area contributed by atoms with Crippen LogP contribution in [0.2, 0.25) is 0 Å². The van der Waals surface area contributed by atoms with E-state index < -0.39 is 17.4 Å². The van der Waals surface area contributed by atoms with Crippen molar-refractivity contribution in [3.05, 3.63) is 85.0 Å². The molecule has 0 spiro atoms. The number of para-hydroxylation sites is 2. The molecule has 0 aliphatic carbocycles. The van der Waals surface area contributed by atoms with Gasteiger partial charge in [-0.2, -0.15) is 0 Å². The fourth-order valence-electron chi connectivity index (χ4n) is 2.36. The van der Waals surface area contributed by atoms with Gasteiger partial charge >= 0.3 is 0 Å². The van der Waals surface area contributed by atoms with Crippen LogP contribution < -0.4 is 22.1 Å². The van der Waals surface area contributed by atoms with E-state index in [0.29, 0.717) is 6.54 Å². The molecule has 2 amide bonds. The Morgan fingerprint density at radius 2 is 1.27 bits per heavy atom. The smallest absolute Gasteiger partial charge is 0.241 e. The molecule has 0 unspecified atom stereocenters. The van der Waals surface area contributed by atoms with Crippen LogP contribution in [0.5, 0.6) is 0 Å². The van der Waals surface area contributed by atoms with Crippen LogP contribution in [0.3, 0.4) is 0 Å². The van der Waals surface area contributed by atoms with Crippen molar-refractivity contribution in [2.45, 2.75) is 5.54 Å². The summed E-state index contributed by atoms with van der Waals surface area (Å²) >= 11 is 0. The molecule has 26 heavy (non-hydrogen) atoms. The zero-order valence-corrected chi connectivity index (χ0v) is 14.3. The van der Waals surface area contributed by atoms with Gasteiger partial charge in [0.15, 0.2) is 0 Å². The van der Waals surface area contributed by atoms with Crippen LogP contribution in [0.4, 0.5) is 11.4 Å². The number of carbonyl (C=O) groups excluding carboxylic acids is 2.